The number of aliphatic carboxylic acids is 1. The minimum Gasteiger partial charge on any atom is -0.480 e. The fraction of sp³-hybridized carbons (Fsp3) is 0.833. The molecule has 2 fully saturated rings. The number of ether oxygens (including phenoxy) is 1. The van der Waals surface area contributed by atoms with Crippen LogP contribution in [-0.4, -0.2) is 66.3 Å². The number of morpholine rings is 1. The minimum atomic E-state index is -1.000. The Hall–Kier alpha value is -1.30. The summed E-state index contributed by atoms with van der Waals surface area (Å²) in [7, 11) is 1.75. The zero-order valence-corrected chi connectivity index (χ0v) is 10.7. The van der Waals surface area contributed by atoms with Gasteiger partial charge < -0.3 is 19.6 Å². The van der Waals surface area contributed by atoms with Crippen LogP contribution in [0.5, 0.6) is 0 Å². The second kappa shape index (κ2) is 5.56. The molecule has 1 heterocycles. The smallest absolute Gasteiger partial charge is 0.328 e. The maximum absolute atomic E-state index is 12.2. The van der Waals surface area contributed by atoms with Gasteiger partial charge in [0.05, 0.1) is 13.2 Å². The highest BCUT2D eigenvalue weighted by molar-refractivity contribution is 5.83. The molecular weight excluding hydrogens is 236 g/mol. The van der Waals surface area contributed by atoms with E-state index in [1.165, 1.54) is 24.2 Å². The summed E-state index contributed by atoms with van der Waals surface area (Å²) in [6.07, 6.45) is 3.58. The molecule has 2 rings (SSSR count). The number of nitrogens with zero attached hydrogens (tertiary/aromatic N) is 2. The van der Waals surface area contributed by atoms with Crippen LogP contribution in [0.2, 0.25) is 0 Å². The fourth-order valence-corrected chi connectivity index (χ4v) is 2.40. The van der Waals surface area contributed by atoms with Crippen molar-refractivity contribution in [3.63, 3.8) is 0 Å². The number of amides is 2. The van der Waals surface area contributed by atoms with Crippen molar-refractivity contribution < 1.29 is 19.4 Å². The number of hydrogen-bond acceptors (Lipinski definition) is 3. The molecule has 102 valence electrons. The third-order valence-corrected chi connectivity index (χ3v) is 3.74. The molecule has 0 bridgehead atoms. The largest absolute Gasteiger partial charge is 0.480 e. The van der Waals surface area contributed by atoms with Crippen LogP contribution in [0.15, 0.2) is 0 Å². The maximum atomic E-state index is 12.2. The van der Waals surface area contributed by atoms with Crippen LogP contribution in [0.4, 0.5) is 4.79 Å². The molecule has 1 atom stereocenters. The van der Waals surface area contributed by atoms with E-state index in [4.69, 9.17) is 9.84 Å². The van der Waals surface area contributed by atoms with E-state index in [9.17, 15) is 9.59 Å². The number of carboxylic acid groups (broad SMARTS) is 1. The average molecular weight is 256 g/mol. The van der Waals surface area contributed by atoms with E-state index in [0.29, 0.717) is 19.1 Å². The summed E-state index contributed by atoms with van der Waals surface area (Å²) in [6, 6.07) is -1.05. The molecule has 1 saturated heterocycles. The Morgan fingerprint density at radius 1 is 1.44 bits per heavy atom. The third-order valence-electron chi connectivity index (χ3n) is 3.74. The summed E-state index contributed by atoms with van der Waals surface area (Å²) in [4.78, 5) is 26.4. The van der Waals surface area contributed by atoms with Gasteiger partial charge in [0.1, 0.15) is 0 Å². The highest BCUT2D eigenvalue weighted by Crippen LogP contribution is 2.27. The van der Waals surface area contributed by atoms with Crippen LogP contribution in [0.25, 0.3) is 0 Å². The third kappa shape index (κ3) is 2.75. The first-order chi connectivity index (χ1) is 8.59. The monoisotopic (exact) mass is 256 g/mol. The van der Waals surface area contributed by atoms with Crippen LogP contribution in [0, 0.1) is 5.92 Å². The van der Waals surface area contributed by atoms with Crippen molar-refractivity contribution >= 4 is 12.0 Å². The summed E-state index contributed by atoms with van der Waals surface area (Å²) in [5.41, 5.74) is 0. The predicted molar refractivity (Wildman–Crippen MR) is 64.3 cm³/mol. The lowest BCUT2D eigenvalue weighted by Gasteiger charge is -2.37. The molecule has 1 unspecified atom stereocenters. The minimum absolute atomic E-state index is 0.0817. The van der Waals surface area contributed by atoms with E-state index in [1.54, 1.807) is 11.9 Å². The van der Waals surface area contributed by atoms with Gasteiger partial charge in [0, 0.05) is 20.1 Å². The molecule has 1 aliphatic heterocycles. The van der Waals surface area contributed by atoms with Gasteiger partial charge in [-0.3, -0.25) is 0 Å². The molecule has 0 radical (unpaired) electrons. The van der Waals surface area contributed by atoms with Crippen LogP contribution >= 0.6 is 0 Å². The Kier molecular flexibility index (Phi) is 4.06. The number of carboxylic acids is 1. The summed E-state index contributed by atoms with van der Waals surface area (Å²) in [6.45, 7) is 1.57. The number of carbonyl (C=O) groups is 2. The normalized spacial score (nSPS) is 24.5. The molecule has 0 spiro atoms. The Morgan fingerprint density at radius 2 is 2.17 bits per heavy atom. The Labute approximate surface area is 106 Å². The topological polar surface area (TPSA) is 70.1 Å². The van der Waals surface area contributed by atoms with Crippen molar-refractivity contribution in [2.75, 3.05) is 33.4 Å². The predicted octanol–water partition coefficient (Wildman–Crippen LogP) is 0.624. The lowest BCUT2D eigenvalue weighted by molar-refractivity contribution is -0.147. The second-order valence-corrected chi connectivity index (χ2v) is 5.08. The van der Waals surface area contributed by atoms with Crippen LogP contribution < -0.4 is 0 Å². The zero-order chi connectivity index (χ0) is 13.1. The number of carbonyl (C=O) groups excluding carboxylic acids is 1. The second-order valence-electron chi connectivity index (χ2n) is 5.08. The highest BCUT2D eigenvalue weighted by atomic mass is 16.5. The molecule has 1 saturated carbocycles. The van der Waals surface area contributed by atoms with Crippen molar-refractivity contribution in [3.05, 3.63) is 0 Å². The molecule has 0 aromatic rings. The standard InChI is InChI=1S/C12H20N2O4/c1-13(7-9-3-2-4-9)12(17)14-5-6-18-8-10(14)11(15)16/h9-10H,2-8H2,1H3,(H,15,16). The lowest BCUT2D eigenvalue weighted by atomic mass is 9.85. The van der Waals surface area contributed by atoms with Gasteiger partial charge in [0.2, 0.25) is 0 Å². The van der Waals surface area contributed by atoms with E-state index in [0.717, 1.165) is 6.54 Å². The van der Waals surface area contributed by atoms with Crippen molar-refractivity contribution in [2.45, 2.75) is 25.3 Å². The van der Waals surface area contributed by atoms with Gasteiger partial charge in [-0.15, -0.1) is 0 Å². The van der Waals surface area contributed by atoms with Crippen molar-refractivity contribution in [1.82, 2.24) is 9.80 Å². The van der Waals surface area contributed by atoms with Gasteiger partial charge in [-0.05, 0) is 18.8 Å². The average Bonchev–Trinajstić information content (AvgIpc) is 2.32. The summed E-state index contributed by atoms with van der Waals surface area (Å²) >= 11 is 0. The zero-order valence-electron chi connectivity index (χ0n) is 10.7. The molecule has 1 aliphatic carbocycles. The van der Waals surface area contributed by atoms with E-state index in [1.807, 2.05) is 0 Å². The molecule has 18 heavy (non-hydrogen) atoms. The van der Waals surface area contributed by atoms with Gasteiger partial charge in [0.25, 0.3) is 0 Å². The van der Waals surface area contributed by atoms with Gasteiger partial charge in [-0.1, -0.05) is 6.42 Å². The molecule has 6 heteroatoms. The van der Waals surface area contributed by atoms with Crippen molar-refractivity contribution in [1.29, 1.82) is 0 Å². The fourth-order valence-electron chi connectivity index (χ4n) is 2.40. The lowest BCUT2D eigenvalue weighted by Crippen LogP contribution is -2.56. The van der Waals surface area contributed by atoms with E-state index < -0.39 is 12.0 Å². The number of urea groups is 1. The van der Waals surface area contributed by atoms with Gasteiger partial charge in [-0.2, -0.15) is 0 Å². The van der Waals surface area contributed by atoms with E-state index >= 15 is 0 Å². The summed E-state index contributed by atoms with van der Waals surface area (Å²) in [5, 5.41) is 9.09. The van der Waals surface area contributed by atoms with Gasteiger partial charge in [0.15, 0.2) is 6.04 Å². The maximum Gasteiger partial charge on any atom is 0.328 e. The molecule has 2 aliphatic rings. The van der Waals surface area contributed by atoms with Gasteiger partial charge >= 0.3 is 12.0 Å². The van der Waals surface area contributed by atoms with E-state index in [-0.39, 0.29) is 12.6 Å². The van der Waals surface area contributed by atoms with Gasteiger partial charge in [-0.25, -0.2) is 9.59 Å². The van der Waals surface area contributed by atoms with E-state index in [2.05, 4.69) is 0 Å². The molecule has 1 N–H and O–H groups in total. The van der Waals surface area contributed by atoms with Crippen molar-refractivity contribution in [2.24, 2.45) is 5.92 Å². The molecule has 0 aromatic carbocycles. The van der Waals surface area contributed by atoms with Crippen LogP contribution in [-0.2, 0) is 9.53 Å². The molecular formula is C12H20N2O4. The Morgan fingerprint density at radius 3 is 2.72 bits per heavy atom. The van der Waals surface area contributed by atoms with Crippen LogP contribution in [0.3, 0.4) is 0 Å². The summed E-state index contributed by atoms with van der Waals surface area (Å²) in [5.74, 6) is -0.414. The molecule has 6 nitrogen and oxygen atoms in total. The highest BCUT2D eigenvalue weighted by Gasteiger charge is 2.35. The summed E-state index contributed by atoms with van der Waals surface area (Å²) < 4.78 is 5.12. The Bertz CT molecular complexity index is 330. The first-order valence-corrected chi connectivity index (χ1v) is 6.42. The molecule has 2 amide bonds. The quantitative estimate of drug-likeness (QED) is 0.803. The first kappa shape index (κ1) is 13.1. The Balaban J connectivity index is 1.94. The number of hydrogen-bond donors (Lipinski definition) is 1. The first-order valence-electron chi connectivity index (χ1n) is 6.42. The molecule has 0 aromatic heterocycles. The van der Waals surface area contributed by atoms with Crippen LogP contribution in [0.1, 0.15) is 19.3 Å². The SMILES string of the molecule is CN(CC1CCC1)C(=O)N1CCOCC1C(=O)O. The van der Waals surface area contributed by atoms with Crippen molar-refractivity contribution in [3.8, 4) is 0 Å². The number of rotatable bonds is 3.